The molecule has 1 aliphatic carbocycles. The van der Waals surface area contributed by atoms with Crippen molar-refractivity contribution in [1.82, 2.24) is 4.90 Å². The molecule has 0 spiro atoms. The molecule has 2 atom stereocenters. The Balaban J connectivity index is 1.58. The SMILES string of the molecule is Cc1ccc(NC(=O)[C@@H]2OCCN(C3CC3)[C@H]2c2ccccc2)cc1. The molecule has 1 aliphatic heterocycles. The van der Waals surface area contributed by atoms with Gasteiger partial charge >= 0.3 is 0 Å². The Morgan fingerprint density at radius 1 is 1.08 bits per heavy atom. The molecule has 2 aromatic carbocycles. The van der Waals surface area contributed by atoms with Gasteiger partial charge in [0, 0.05) is 18.3 Å². The number of carbonyl (C=O) groups excluding carboxylic acids is 1. The summed E-state index contributed by atoms with van der Waals surface area (Å²) >= 11 is 0. The van der Waals surface area contributed by atoms with Crippen LogP contribution in [-0.4, -0.2) is 36.1 Å². The third kappa shape index (κ3) is 3.60. The first-order valence-electron chi connectivity index (χ1n) is 9.02. The number of nitrogens with one attached hydrogen (secondary N) is 1. The van der Waals surface area contributed by atoms with Gasteiger partial charge < -0.3 is 10.1 Å². The monoisotopic (exact) mass is 336 g/mol. The van der Waals surface area contributed by atoms with E-state index < -0.39 is 6.10 Å². The molecule has 0 aromatic heterocycles. The van der Waals surface area contributed by atoms with E-state index in [2.05, 4.69) is 22.3 Å². The summed E-state index contributed by atoms with van der Waals surface area (Å²) in [6, 6.07) is 18.7. The van der Waals surface area contributed by atoms with E-state index in [9.17, 15) is 4.79 Å². The topological polar surface area (TPSA) is 41.6 Å². The van der Waals surface area contributed by atoms with Crippen molar-refractivity contribution in [3.63, 3.8) is 0 Å². The number of carbonyl (C=O) groups is 1. The van der Waals surface area contributed by atoms with E-state index in [1.165, 1.54) is 18.4 Å². The zero-order valence-electron chi connectivity index (χ0n) is 14.5. The van der Waals surface area contributed by atoms with Gasteiger partial charge in [0.2, 0.25) is 0 Å². The molecular formula is C21H24N2O2. The number of morpholine rings is 1. The van der Waals surface area contributed by atoms with Crippen LogP contribution in [0.15, 0.2) is 54.6 Å². The third-order valence-electron chi connectivity index (χ3n) is 5.03. The van der Waals surface area contributed by atoms with Crippen molar-refractivity contribution in [3.8, 4) is 0 Å². The molecule has 0 bridgehead atoms. The van der Waals surface area contributed by atoms with Crippen molar-refractivity contribution >= 4 is 11.6 Å². The first kappa shape index (κ1) is 16.3. The standard InChI is InChI=1S/C21H24N2O2/c1-15-7-9-17(10-8-15)22-21(24)20-19(16-5-3-2-4-6-16)23(13-14-25-20)18-11-12-18/h2-10,18-20H,11-14H2,1H3,(H,22,24)/t19-,20+/m0/s1. The fourth-order valence-electron chi connectivity index (χ4n) is 3.59. The highest BCUT2D eigenvalue weighted by molar-refractivity contribution is 5.95. The van der Waals surface area contributed by atoms with Crippen LogP contribution in [0.3, 0.4) is 0 Å². The van der Waals surface area contributed by atoms with E-state index in [0.717, 1.165) is 17.8 Å². The van der Waals surface area contributed by atoms with Crippen LogP contribution in [0, 0.1) is 6.92 Å². The van der Waals surface area contributed by atoms with Gasteiger partial charge in [-0.05, 0) is 37.5 Å². The number of anilines is 1. The molecule has 130 valence electrons. The summed E-state index contributed by atoms with van der Waals surface area (Å²) < 4.78 is 5.96. The normalized spacial score (nSPS) is 24.0. The van der Waals surface area contributed by atoms with E-state index in [1.807, 2.05) is 49.4 Å². The quantitative estimate of drug-likeness (QED) is 0.928. The van der Waals surface area contributed by atoms with E-state index in [-0.39, 0.29) is 11.9 Å². The van der Waals surface area contributed by atoms with E-state index in [0.29, 0.717) is 12.6 Å². The number of amides is 1. The minimum Gasteiger partial charge on any atom is -0.365 e. The number of benzene rings is 2. The number of hydrogen-bond acceptors (Lipinski definition) is 3. The summed E-state index contributed by atoms with van der Waals surface area (Å²) in [6.45, 7) is 3.53. The molecule has 4 nitrogen and oxygen atoms in total. The highest BCUT2D eigenvalue weighted by Crippen LogP contribution is 2.39. The Labute approximate surface area is 148 Å². The fraction of sp³-hybridized carbons (Fsp3) is 0.381. The second-order valence-electron chi connectivity index (χ2n) is 6.97. The molecule has 2 aliphatic rings. The van der Waals surface area contributed by atoms with E-state index >= 15 is 0 Å². The van der Waals surface area contributed by atoms with Crippen molar-refractivity contribution in [2.75, 3.05) is 18.5 Å². The third-order valence-corrected chi connectivity index (χ3v) is 5.03. The summed E-state index contributed by atoms with van der Waals surface area (Å²) in [6.07, 6.45) is 1.95. The minimum absolute atomic E-state index is 0.0205. The lowest BCUT2D eigenvalue weighted by Crippen LogP contribution is -2.51. The zero-order valence-corrected chi connectivity index (χ0v) is 14.5. The molecule has 1 heterocycles. The highest BCUT2D eigenvalue weighted by Gasteiger charge is 2.44. The highest BCUT2D eigenvalue weighted by atomic mass is 16.5. The molecule has 25 heavy (non-hydrogen) atoms. The maximum absolute atomic E-state index is 13.0. The van der Waals surface area contributed by atoms with Crippen LogP contribution in [0.5, 0.6) is 0 Å². The average Bonchev–Trinajstić information content (AvgIpc) is 3.49. The largest absolute Gasteiger partial charge is 0.365 e. The smallest absolute Gasteiger partial charge is 0.255 e. The lowest BCUT2D eigenvalue weighted by Gasteiger charge is -2.41. The second-order valence-corrected chi connectivity index (χ2v) is 6.97. The summed E-state index contributed by atoms with van der Waals surface area (Å²) in [4.78, 5) is 15.4. The molecule has 1 saturated carbocycles. The van der Waals surface area contributed by atoms with Gasteiger partial charge in [0.15, 0.2) is 6.10 Å². The number of aryl methyl sites for hydroxylation is 1. The second kappa shape index (κ2) is 6.98. The Bertz CT molecular complexity index is 725. The van der Waals surface area contributed by atoms with Gasteiger partial charge in [-0.3, -0.25) is 9.69 Å². The van der Waals surface area contributed by atoms with Crippen molar-refractivity contribution in [3.05, 3.63) is 65.7 Å². The number of ether oxygens (including phenoxy) is 1. The summed E-state index contributed by atoms with van der Waals surface area (Å²) in [5.41, 5.74) is 3.14. The minimum atomic E-state index is -0.488. The van der Waals surface area contributed by atoms with Gasteiger partial charge in [-0.2, -0.15) is 0 Å². The van der Waals surface area contributed by atoms with Crippen LogP contribution < -0.4 is 5.32 Å². The molecular weight excluding hydrogens is 312 g/mol. The first-order chi connectivity index (χ1) is 12.2. The van der Waals surface area contributed by atoms with Gasteiger partial charge in [-0.25, -0.2) is 0 Å². The van der Waals surface area contributed by atoms with E-state index in [4.69, 9.17) is 4.74 Å². The van der Waals surface area contributed by atoms with Crippen molar-refractivity contribution in [1.29, 1.82) is 0 Å². The molecule has 1 saturated heterocycles. The summed E-state index contributed by atoms with van der Waals surface area (Å²) in [5.74, 6) is -0.0666. The van der Waals surface area contributed by atoms with Crippen LogP contribution in [0.1, 0.15) is 30.0 Å². The molecule has 4 heteroatoms. The van der Waals surface area contributed by atoms with Crippen LogP contribution in [0.25, 0.3) is 0 Å². The first-order valence-corrected chi connectivity index (χ1v) is 9.02. The maximum Gasteiger partial charge on any atom is 0.255 e. The maximum atomic E-state index is 13.0. The Morgan fingerprint density at radius 2 is 1.80 bits per heavy atom. The number of rotatable bonds is 4. The lowest BCUT2D eigenvalue weighted by atomic mass is 9.97. The number of nitrogens with zero attached hydrogens (tertiary/aromatic N) is 1. The molecule has 0 radical (unpaired) electrons. The predicted octanol–water partition coefficient (Wildman–Crippen LogP) is 3.54. The van der Waals surface area contributed by atoms with Gasteiger partial charge in [0.05, 0.1) is 12.6 Å². The fourth-order valence-corrected chi connectivity index (χ4v) is 3.59. The molecule has 1 N–H and O–H groups in total. The molecule has 1 amide bonds. The molecule has 2 fully saturated rings. The molecule has 2 aromatic rings. The summed E-state index contributed by atoms with van der Waals surface area (Å²) in [5, 5.41) is 3.03. The van der Waals surface area contributed by atoms with Crippen molar-refractivity contribution in [2.45, 2.75) is 38.0 Å². The predicted molar refractivity (Wildman–Crippen MR) is 98.5 cm³/mol. The van der Waals surface area contributed by atoms with Gasteiger partial charge in [0.1, 0.15) is 0 Å². The van der Waals surface area contributed by atoms with Crippen LogP contribution in [0.2, 0.25) is 0 Å². The van der Waals surface area contributed by atoms with Crippen LogP contribution >= 0.6 is 0 Å². The van der Waals surface area contributed by atoms with Crippen molar-refractivity contribution < 1.29 is 9.53 Å². The molecule has 4 rings (SSSR count). The van der Waals surface area contributed by atoms with Crippen LogP contribution in [-0.2, 0) is 9.53 Å². The zero-order chi connectivity index (χ0) is 17.2. The van der Waals surface area contributed by atoms with Gasteiger partial charge in [-0.1, -0.05) is 48.0 Å². The molecule has 0 unspecified atom stereocenters. The van der Waals surface area contributed by atoms with Crippen LogP contribution in [0.4, 0.5) is 5.69 Å². The van der Waals surface area contributed by atoms with Crippen molar-refractivity contribution in [2.24, 2.45) is 0 Å². The van der Waals surface area contributed by atoms with E-state index in [1.54, 1.807) is 0 Å². The lowest BCUT2D eigenvalue weighted by molar-refractivity contribution is -0.141. The average molecular weight is 336 g/mol. The Morgan fingerprint density at radius 3 is 2.48 bits per heavy atom. The number of hydrogen-bond donors (Lipinski definition) is 1. The Hall–Kier alpha value is -2.17. The van der Waals surface area contributed by atoms with Gasteiger partial charge in [-0.15, -0.1) is 0 Å². The summed E-state index contributed by atoms with van der Waals surface area (Å²) in [7, 11) is 0. The van der Waals surface area contributed by atoms with Gasteiger partial charge in [0.25, 0.3) is 5.91 Å². The Kier molecular flexibility index (Phi) is 4.55.